The molecule has 0 bridgehead atoms. The minimum Gasteiger partial charge on any atom is -0.314 e. The highest BCUT2D eigenvalue weighted by Crippen LogP contribution is 2.38. The largest absolute Gasteiger partial charge is 0.453 e. The summed E-state index contributed by atoms with van der Waals surface area (Å²) in [5.41, 5.74) is 0. The van der Waals surface area contributed by atoms with Crippen molar-refractivity contribution in [3.05, 3.63) is 0 Å². The first-order valence-electron chi connectivity index (χ1n) is 5.20. The van der Waals surface area contributed by atoms with Gasteiger partial charge in [-0.2, -0.15) is 22.0 Å². The van der Waals surface area contributed by atoms with Gasteiger partial charge in [-0.3, -0.25) is 0 Å². The SMILES string of the molecule is FC(F)(F)C(F)(F)CCCN1CCNCC1. The molecule has 7 heteroatoms. The zero-order valence-electron chi connectivity index (χ0n) is 8.79. The molecular weight excluding hydrogens is 231 g/mol. The topological polar surface area (TPSA) is 15.3 Å². The molecule has 0 amide bonds. The number of alkyl halides is 5. The van der Waals surface area contributed by atoms with Gasteiger partial charge in [0.05, 0.1) is 0 Å². The normalized spacial score (nSPS) is 20.1. The highest BCUT2D eigenvalue weighted by molar-refractivity contribution is 4.76. The lowest BCUT2D eigenvalue weighted by Crippen LogP contribution is -2.44. The fraction of sp³-hybridized carbons (Fsp3) is 1.00. The van der Waals surface area contributed by atoms with E-state index in [4.69, 9.17) is 0 Å². The summed E-state index contributed by atoms with van der Waals surface area (Å²) in [5.74, 6) is -4.55. The van der Waals surface area contributed by atoms with E-state index >= 15 is 0 Å². The molecule has 0 atom stereocenters. The lowest BCUT2D eigenvalue weighted by atomic mass is 10.1. The molecule has 1 rings (SSSR count). The van der Waals surface area contributed by atoms with Crippen LogP contribution in [0.4, 0.5) is 22.0 Å². The second-order valence-electron chi connectivity index (χ2n) is 3.90. The Labute approximate surface area is 90.8 Å². The van der Waals surface area contributed by atoms with Crippen LogP contribution in [0.2, 0.25) is 0 Å². The molecule has 0 saturated carbocycles. The maximum atomic E-state index is 12.5. The molecule has 1 aliphatic rings. The van der Waals surface area contributed by atoms with Crippen molar-refractivity contribution in [1.82, 2.24) is 10.2 Å². The molecule has 0 aromatic rings. The highest BCUT2D eigenvalue weighted by Gasteiger charge is 2.56. The van der Waals surface area contributed by atoms with Gasteiger partial charge in [-0.15, -0.1) is 0 Å². The Morgan fingerprint density at radius 3 is 2.06 bits per heavy atom. The van der Waals surface area contributed by atoms with Crippen molar-refractivity contribution in [2.24, 2.45) is 0 Å². The van der Waals surface area contributed by atoms with Crippen LogP contribution in [-0.2, 0) is 0 Å². The van der Waals surface area contributed by atoms with Crippen LogP contribution in [0.5, 0.6) is 0 Å². The summed E-state index contributed by atoms with van der Waals surface area (Å²) in [6, 6.07) is 0. The second-order valence-corrected chi connectivity index (χ2v) is 3.90. The molecule has 0 aromatic carbocycles. The van der Waals surface area contributed by atoms with E-state index in [1.807, 2.05) is 4.90 Å². The molecule has 0 radical (unpaired) electrons. The van der Waals surface area contributed by atoms with Crippen molar-refractivity contribution < 1.29 is 22.0 Å². The minimum atomic E-state index is -5.42. The summed E-state index contributed by atoms with van der Waals surface area (Å²) in [5, 5.41) is 3.08. The fourth-order valence-corrected chi connectivity index (χ4v) is 1.60. The van der Waals surface area contributed by atoms with Crippen LogP contribution in [0.1, 0.15) is 12.8 Å². The zero-order valence-corrected chi connectivity index (χ0v) is 8.79. The highest BCUT2D eigenvalue weighted by atomic mass is 19.4. The van der Waals surface area contributed by atoms with Gasteiger partial charge in [-0.1, -0.05) is 0 Å². The summed E-state index contributed by atoms with van der Waals surface area (Å²) in [4.78, 5) is 1.89. The molecule has 0 spiro atoms. The van der Waals surface area contributed by atoms with Crippen LogP contribution in [0.15, 0.2) is 0 Å². The summed E-state index contributed by atoms with van der Waals surface area (Å²) >= 11 is 0. The number of hydrogen-bond donors (Lipinski definition) is 1. The molecule has 0 aromatic heterocycles. The fourth-order valence-electron chi connectivity index (χ4n) is 1.60. The predicted octanol–water partition coefficient (Wildman–Crippen LogP) is 1.87. The van der Waals surface area contributed by atoms with Crippen molar-refractivity contribution in [2.45, 2.75) is 24.9 Å². The van der Waals surface area contributed by atoms with Crippen LogP contribution >= 0.6 is 0 Å². The van der Waals surface area contributed by atoms with Crippen molar-refractivity contribution in [2.75, 3.05) is 32.7 Å². The Hall–Kier alpha value is -0.430. The van der Waals surface area contributed by atoms with Crippen molar-refractivity contribution in [3.63, 3.8) is 0 Å². The number of rotatable bonds is 4. The van der Waals surface area contributed by atoms with Crippen molar-refractivity contribution >= 4 is 0 Å². The maximum Gasteiger partial charge on any atom is 0.453 e. The van der Waals surface area contributed by atoms with E-state index in [-0.39, 0.29) is 6.42 Å². The molecule has 1 saturated heterocycles. The van der Waals surface area contributed by atoms with E-state index in [0.29, 0.717) is 19.6 Å². The van der Waals surface area contributed by atoms with Gasteiger partial charge >= 0.3 is 12.1 Å². The van der Waals surface area contributed by atoms with Crippen molar-refractivity contribution in [3.8, 4) is 0 Å². The Morgan fingerprint density at radius 1 is 1.00 bits per heavy atom. The average molecular weight is 246 g/mol. The molecule has 0 aliphatic carbocycles. The van der Waals surface area contributed by atoms with E-state index < -0.39 is 18.5 Å². The van der Waals surface area contributed by atoms with E-state index in [9.17, 15) is 22.0 Å². The molecular formula is C9H15F5N2. The van der Waals surface area contributed by atoms with E-state index in [2.05, 4.69) is 5.32 Å². The van der Waals surface area contributed by atoms with E-state index in [1.165, 1.54) is 0 Å². The first-order valence-corrected chi connectivity index (χ1v) is 5.20. The predicted molar refractivity (Wildman–Crippen MR) is 49.5 cm³/mol. The molecule has 1 fully saturated rings. The van der Waals surface area contributed by atoms with Crippen LogP contribution in [-0.4, -0.2) is 49.7 Å². The molecule has 0 unspecified atom stereocenters. The molecule has 1 aliphatic heterocycles. The number of nitrogens with one attached hydrogen (secondary N) is 1. The minimum absolute atomic E-state index is 0.132. The maximum absolute atomic E-state index is 12.5. The Bertz CT molecular complexity index is 210. The summed E-state index contributed by atoms with van der Waals surface area (Å²) < 4.78 is 60.5. The van der Waals surface area contributed by atoms with Gasteiger partial charge in [0.1, 0.15) is 0 Å². The molecule has 1 heterocycles. The second kappa shape index (κ2) is 5.27. The average Bonchev–Trinajstić information content (AvgIpc) is 2.17. The van der Waals surface area contributed by atoms with Crippen molar-refractivity contribution in [1.29, 1.82) is 0 Å². The lowest BCUT2D eigenvalue weighted by Gasteiger charge is -2.28. The third-order valence-electron chi connectivity index (χ3n) is 2.59. The van der Waals surface area contributed by atoms with Crippen LogP contribution in [0, 0.1) is 0 Å². The third-order valence-corrected chi connectivity index (χ3v) is 2.59. The van der Waals surface area contributed by atoms with Gasteiger partial charge in [0, 0.05) is 32.6 Å². The van der Waals surface area contributed by atoms with Gasteiger partial charge in [0.15, 0.2) is 0 Å². The third kappa shape index (κ3) is 3.86. The monoisotopic (exact) mass is 246 g/mol. The first kappa shape index (κ1) is 13.6. The van der Waals surface area contributed by atoms with Gasteiger partial charge in [0.25, 0.3) is 0 Å². The summed E-state index contributed by atoms with van der Waals surface area (Å²) in [6.07, 6.45) is -6.68. The molecule has 96 valence electrons. The quantitative estimate of drug-likeness (QED) is 0.762. The number of halogens is 5. The number of hydrogen-bond acceptors (Lipinski definition) is 2. The van der Waals surface area contributed by atoms with E-state index in [1.54, 1.807) is 0 Å². The molecule has 16 heavy (non-hydrogen) atoms. The van der Waals surface area contributed by atoms with Crippen LogP contribution < -0.4 is 5.32 Å². The van der Waals surface area contributed by atoms with Crippen LogP contribution in [0.3, 0.4) is 0 Å². The smallest absolute Gasteiger partial charge is 0.314 e. The van der Waals surface area contributed by atoms with Gasteiger partial charge < -0.3 is 10.2 Å². The Balaban J connectivity index is 2.23. The molecule has 2 nitrogen and oxygen atoms in total. The number of piperazine rings is 1. The standard InChI is InChI=1S/C9H15F5N2/c10-8(11,9(12,13)14)2-1-5-16-6-3-15-4-7-16/h15H,1-7H2. The van der Waals surface area contributed by atoms with Gasteiger partial charge in [-0.25, -0.2) is 0 Å². The summed E-state index contributed by atoms with van der Waals surface area (Å²) in [7, 11) is 0. The Morgan fingerprint density at radius 2 is 1.56 bits per heavy atom. The lowest BCUT2D eigenvalue weighted by molar-refractivity contribution is -0.284. The van der Waals surface area contributed by atoms with Gasteiger partial charge in [-0.05, 0) is 13.0 Å². The van der Waals surface area contributed by atoms with Gasteiger partial charge in [0.2, 0.25) is 0 Å². The zero-order chi connectivity index (χ0) is 12.2. The Kier molecular flexibility index (Phi) is 4.49. The van der Waals surface area contributed by atoms with E-state index in [0.717, 1.165) is 13.1 Å². The number of nitrogens with zero attached hydrogens (tertiary/aromatic N) is 1. The van der Waals surface area contributed by atoms with Crippen LogP contribution in [0.25, 0.3) is 0 Å². The summed E-state index contributed by atoms with van der Waals surface area (Å²) in [6.45, 7) is 3.23. The molecule has 1 N–H and O–H groups in total. The first-order chi connectivity index (χ1) is 7.33.